The largest absolute Gasteiger partial charge is 0.345 e. The van der Waals surface area contributed by atoms with Gasteiger partial charge in [-0.3, -0.25) is 14.6 Å². The summed E-state index contributed by atoms with van der Waals surface area (Å²) in [5.74, 6) is 0.462. The van der Waals surface area contributed by atoms with E-state index in [1.54, 1.807) is 35.4 Å². The van der Waals surface area contributed by atoms with Gasteiger partial charge >= 0.3 is 0 Å². The maximum Gasteiger partial charge on any atom is 0.228 e. The Hall–Kier alpha value is -2.70. The fourth-order valence-corrected chi connectivity index (χ4v) is 2.96. The highest BCUT2D eigenvalue weighted by Gasteiger charge is 2.35. The predicted octanol–water partition coefficient (Wildman–Crippen LogP) is 1.12. The zero-order valence-electron chi connectivity index (χ0n) is 13.9. The van der Waals surface area contributed by atoms with Gasteiger partial charge < -0.3 is 14.8 Å². The topological polar surface area (TPSA) is 82.2 Å². The fraction of sp³-hybridized carbons (Fsp3) is 0.412. The van der Waals surface area contributed by atoms with Crippen LogP contribution in [0.4, 0.5) is 0 Å². The van der Waals surface area contributed by atoms with Gasteiger partial charge in [-0.1, -0.05) is 0 Å². The Morgan fingerprint density at radius 3 is 2.83 bits per heavy atom. The number of carbonyl (C=O) groups excluding carboxylic acids is 2. The molecule has 0 unspecified atom stereocenters. The predicted molar refractivity (Wildman–Crippen MR) is 87.6 cm³/mol. The van der Waals surface area contributed by atoms with Crippen LogP contribution in [-0.4, -0.2) is 50.2 Å². The minimum absolute atomic E-state index is 0.0189. The van der Waals surface area contributed by atoms with E-state index in [0.717, 1.165) is 17.1 Å². The SMILES string of the molecule is Cc1cnc(CN(C)C(=O)[C@H]2CC(=O)N(Cc3ccncc3)C2)[nH]1. The second-order valence-corrected chi connectivity index (χ2v) is 6.24. The van der Waals surface area contributed by atoms with Gasteiger partial charge in [0.1, 0.15) is 5.82 Å². The van der Waals surface area contributed by atoms with E-state index in [-0.39, 0.29) is 24.2 Å². The quantitative estimate of drug-likeness (QED) is 0.892. The first-order valence-electron chi connectivity index (χ1n) is 7.95. The molecule has 0 spiro atoms. The van der Waals surface area contributed by atoms with Gasteiger partial charge in [-0.15, -0.1) is 0 Å². The molecule has 1 fully saturated rings. The van der Waals surface area contributed by atoms with Crippen LogP contribution in [0, 0.1) is 12.8 Å². The third-order valence-electron chi connectivity index (χ3n) is 4.21. The number of hydrogen-bond donors (Lipinski definition) is 1. The van der Waals surface area contributed by atoms with Gasteiger partial charge in [-0.2, -0.15) is 0 Å². The molecule has 7 nitrogen and oxygen atoms in total. The molecule has 1 atom stereocenters. The molecule has 126 valence electrons. The average Bonchev–Trinajstić information content (AvgIpc) is 3.14. The number of imidazole rings is 1. The number of carbonyl (C=O) groups is 2. The molecule has 2 aromatic rings. The van der Waals surface area contributed by atoms with Crippen LogP contribution >= 0.6 is 0 Å². The summed E-state index contributed by atoms with van der Waals surface area (Å²) in [5, 5.41) is 0. The molecule has 0 saturated carbocycles. The van der Waals surface area contributed by atoms with Crippen LogP contribution in [-0.2, 0) is 22.7 Å². The summed E-state index contributed by atoms with van der Waals surface area (Å²) < 4.78 is 0. The zero-order chi connectivity index (χ0) is 17.1. The summed E-state index contributed by atoms with van der Waals surface area (Å²) >= 11 is 0. The van der Waals surface area contributed by atoms with Crippen molar-refractivity contribution < 1.29 is 9.59 Å². The van der Waals surface area contributed by atoms with Crippen molar-refractivity contribution in [2.75, 3.05) is 13.6 Å². The molecule has 2 amide bonds. The van der Waals surface area contributed by atoms with Gasteiger partial charge in [0, 0.05) is 50.8 Å². The Balaban J connectivity index is 1.59. The molecular formula is C17H21N5O2. The van der Waals surface area contributed by atoms with Crippen molar-refractivity contribution in [1.82, 2.24) is 24.8 Å². The Bertz CT molecular complexity index is 728. The lowest BCUT2D eigenvalue weighted by molar-refractivity contribution is -0.135. The lowest BCUT2D eigenvalue weighted by Gasteiger charge is -2.20. The van der Waals surface area contributed by atoms with Crippen molar-refractivity contribution in [2.24, 2.45) is 5.92 Å². The maximum atomic E-state index is 12.6. The number of likely N-dealkylation sites (tertiary alicyclic amines) is 1. The highest BCUT2D eigenvalue weighted by atomic mass is 16.2. The van der Waals surface area contributed by atoms with Gasteiger partial charge in [-0.05, 0) is 24.6 Å². The lowest BCUT2D eigenvalue weighted by Crippen LogP contribution is -2.34. The van der Waals surface area contributed by atoms with Crippen LogP contribution in [0.3, 0.4) is 0 Å². The number of H-pyrrole nitrogens is 1. The molecule has 7 heteroatoms. The number of aryl methyl sites for hydroxylation is 1. The van der Waals surface area contributed by atoms with Crippen molar-refractivity contribution in [3.8, 4) is 0 Å². The Morgan fingerprint density at radius 2 is 2.17 bits per heavy atom. The Morgan fingerprint density at radius 1 is 1.42 bits per heavy atom. The highest BCUT2D eigenvalue weighted by molar-refractivity contribution is 5.89. The fourth-order valence-electron chi connectivity index (χ4n) is 2.96. The van der Waals surface area contributed by atoms with E-state index in [1.807, 2.05) is 19.1 Å². The van der Waals surface area contributed by atoms with Crippen molar-refractivity contribution >= 4 is 11.8 Å². The number of aromatic amines is 1. The highest BCUT2D eigenvalue weighted by Crippen LogP contribution is 2.22. The van der Waals surface area contributed by atoms with Crippen LogP contribution < -0.4 is 0 Å². The number of rotatable bonds is 5. The van der Waals surface area contributed by atoms with Gasteiger partial charge in [0.15, 0.2) is 0 Å². The van der Waals surface area contributed by atoms with Gasteiger partial charge in [-0.25, -0.2) is 4.98 Å². The molecule has 1 aliphatic heterocycles. The van der Waals surface area contributed by atoms with Crippen molar-refractivity contribution in [1.29, 1.82) is 0 Å². The zero-order valence-corrected chi connectivity index (χ0v) is 13.9. The molecule has 2 aromatic heterocycles. The lowest BCUT2D eigenvalue weighted by atomic mass is 10.1. The molecule has 0 bridgehead atoms. The number of nitrogens with one attached hydrogen (secondary N) is 1. The molecule has 1 saturated heterocycles. The van der Waals surface area contributed by atoms with Crippen LogP contribution in [0.15, 0.2) is 30.7 Å². The number of amides is 2. The Kier molecular flexibility index (Phi) is 4.59. The minimum atomic E-state index is -0.291. The summed E-state index contributed by atoms with van der Waals surface area (Å²) in [5.41, 5.74) is 1.98. The molecule has 24 heavy (non-hydrogen) atoms. The first-order valence-corrected chi connectivity index (χ1v) is 7.95. The van der Waals surface area contributed by atoms with E-state index < -0.39 is 0 Å². The van der Waals surface area contributed by atoms with Gasteiger partial charge in [0.2, 0.25) is 11.8 Å². The molecule has 3 heterocycles. The molecule has 1 N–H and O–H groups in total. The minimum Gasteiger partial charge on any atom is -0.345 e. The first kappa shape index (κ1) is 16.2. The monoisotopic (exact) mass is 327 g/mol. The Labute approximate surface area is 140 Å². The van der Waals surface area contributed by atoms with E-state index in [4.69, 9.17) is 0 Å². The summed E-state index contributed by atoms with van der Waals surface area (Å²) in [6.07, 6.45) is 5.42. The van der Waals surface area contributed by atoms with Crippen LogP contribution in [0.1, 0.15) is 23.5 Å². The van der Waals surface area contributed by atoms with Crippen LogP contribution in [0.25, 0.3) is 0 Å². The van der Waals surface area contributed by atoms with Crippen LogP contribution in [0.5, 0.6) is 0 Å². The number of pyridine rings is 1. The molecule has 0 aromatic carbocycles. The summed E-state index contributed by atoms with van der Waals surface area (Å²) in [4.78, 5) is 39.5. The van der Waals surface area contributed by atoms with Gasteiger partial charge in [0.25, 0.3) is 0 Å². The summed E-state index contributed by atoms with van der Waals surface area (Å²) in [6.45, 7) is 3.32. The molecule has 1 aliphatic rings. The number of nitrogens with zero attached hydrogens (tertiary/aromatic N) is 4. The van der Waals surface area contributed by atoms with E-state index >= 15 is 0 Å². The third-order valence-corrected chi connectivity index (χ3v) is 4.21. The van der Waals surface area contributed by atoms with Crippen molar-refractivity contribution in [3.05, 3.63) is 47.8 Å². The summed E-state index contributed by atoms with van der Waals surface area (Å²) in [6, 6.07) is 3.77. The van der Waals surface area contributed by atoms with E-state index in [0.29, 0.717) is 19.6 Å². The van der Waals surface area contributed by atoms with Gasteiger partial charge in [0.05, 0.1) is 12.5 Å². The number of aromatic nitrogens is 3. The van der Waals surface area contributed by atoms with E-state index in [1.165, 1.54) is 0 Å². The standard InChI is InChI=1S/C17H21N5O2/c1-12-8-19-15(20-12)11-21(2)17(24)14-7-16(23)22(10-14)9-13-3-5-18-6-4-13/h3-6,8,14H,7,9-11H2,1-2H3,(H,19,20)/t14-/m0/s1. The van der Waals surface area contributed by atoms with E-state index in [9.17, 15) is 9.59 Å². The van der Waals surface area contributed by atoms with E-state index in [2.05, 4.69) is 15.0 Å². The maximum absolute atomic E-state index is 12.6. The second kappa shape index (κ2) is 6.82. The van der Waals surface area contributed by atoms with Crippen LogP contribution in [0.2, 0.25) is 0 Å². The summed E-state index contributed by atoms with van der Waals surface area (Å²) in [7, 11) is 1.75. The number of hydrogen-bond acceptors (Lipinski definition) is 4. The molecular weight excluding hydrogens is 306 g/mol. The molecule has 3 rings (SSSR count). The smallest absolute Gasteiger partial charge is 0.228 e. The average molecular weight is 327 g/mol. The third kappa shape index (κ3) is 3.61. The molecule has 0 aliphatic carbocycles. The normalized spacial score (nSPS) is 17.3. The second-order valence-electron chi connectivity index (χ2n) is 6.24. The van der Waals surface area contributed by atoms with Crippen molar-refractivity contribution in [2.45, 2.75) is 26.4 Å². The van der Waals surface area contributed by atoms with Crippen molar-refractivity contribution in [3.63, 3.8) is 0 Å². The first-order chi connectivity index (χ1) is 11.5. The molecule has 0 radical (unpaired) electrons.